The molecule has 0 N–H and O–H groups in total. The van der Waals surface area contributed by atoms with Crippen LogP contribution in [0.25, 0.3) is 0 Å². The highest BCUT2D eigenvalue weighted by atomic mass is 32.2. The van der Waals surface area contributed by atoms with Crippen molar-refractivity contribution in [1.82, 2.24) is 4.98 Å². The number of amides is 1. The van der Waals surface area contributed by atoms with E-state index in [1.165, 1.54) is 37.5 Å². The maximum atomic E-state index is 15.0. The lowest BCUT2D eigenvalue weighted by Crippen LogP contribution is -2.44. The zero-order valence-electron chi connectivity index (χ0n) is 14.2. The average molecular weight is 378 g/mol. The van der Waals surface area contributed by atoms with Gasteiger partial charge in [-0.15, -0.1) is 0 Å². The van der Waals surface area contributed by atoms with Crippen LogP contribution in [0.3, 0.4) is 0 Å². The van der Waals surface area contributed by atoms with Gasteiger partial charge < -0.3 is 0 Å². The van der Waals surface area contributed by atoms with Gasteiger partial charge in [0.2, 0.25) is 0 Å². The Morgan fingerprint density at radius 1 is 1.19 bits per heavy atom. The molecule has 1 aromatic carbocycles. The Balaban J connectivity index is 1.81. The van der Waals surface area contributed by atoms with Crippen molar-refractivity contribution < 1.29 is 18.0 Å². The molecule has 0 aliphatic carbocycles. The van der Waals surface area contributed by atoms with Gasteiger partial charge in [0.05, 0.1) is 5.04 Å². The Kier molecular flexibility index (Phi) is 4.92. The molecular weight excluding hydrogens is 361 g/mol. The quantitative estimate of drug-likeness (QED) is 0.740. The van der Waals surface area contributed by atoms with Crippen molar-refractivity contribution in [3.8, 4) is 0 Å². The minimum Gasteiger partial charge on any atom is -0.271 e. The number of hydrogen-bond acceptors (Lipinski definition) is 3. The summed E-state index contributed by atoms with van der Waals surface area (Å²) in [6.07, 6.45) is 2.75. The lowest BCUT2D eigenvalue weighted by molar-refractivity contribution is -0.130. The predicted octanol–water partition coefficient (Wildman–Crippen LogP) is 4.94. The predicted molar refractivity (Wildman–Crippen MR) is 96.0 cm³/mol. The van der Waals surface area contributed by atoms with E-state index >= 15 is 0 Å². The molecule has 3 rings (SSSR count). The first-order valence-electron chi connectivity index (χ1n) is 8.09. The Hall–Kier alpha value is -2.15. The second-order valence-electron chi connectivity index (χ2n) is 6.38. The van der Waals surface area contributed by atoms with Gasteiger partial charge in [-0.1, -0.05) is 36.9 Å². The van der Waals surface area contributed by atoms with Crippen molar-refractivity contribution in [2.45, 2.75) is 36.9 Å². The number of aromatic nitrogens is 1. The van der Waals surface area contributed by atoms with Crippen molar-refractivity contribution in [3.63, 3.8) is 0 Å². The number of benzene rings is 1. The highest BCUT2D eigenvalue weighted by Crippen LogP contribution is 2.52. The molecule has 2 aromatic rings. The summed E-state index contributed by atoms with van der Waals surface area (Å²) in [7, 11) is 0. The Morgan fingerprint density at radius 3 is 2.50 bits per heavy atom. The molecule has 0 saturated carbocycles. The largest absolute Gasteiger partial charge is 0.296 e. The first-order chi connectivity index (χ1) is 12.3. The molecule has 136 valence electrons. The maximum Gasteiger partial charge on any atom is 0.296 e. The number of nitrogens with zero attached hydrogens (tertiary/aromatic N) is 2. The van der Waals surface area contributed by atoms with Crippen LogP contribution in [0.15, 0.2) is 53.8 Å². The number of hydrogen-bond donors (Lipinski definition) is 0. The van der Waals surface area contributed by atoms with Gasteiger partial charge in [0.25, 0.3) is 11.8 Å². The SMILES string of the molecule is C[C@H](CC1=NC(=O)C(C)(C(F)(F)c2ccncc2)S1)c1ccccc1F. The van der Waals surface area contributed by atoms with E-state index in [4.69, 9.17) is 0 Å². The number of aliphatic imine (C=N–C) groups is 1. The number of pyridine rings is 1. The molecule has 1 aliphatic rings. The van der Waals surface area contributed by atoms with Gasteiger partial charge in [-0.2, -0.15) is 8.78 Å². The molecule has 1 aromatic heterocycles. The van der Waals surface area contributed by atoms with Crippen molar-refractivity contribution in [2.24, 2.45) is 4.99 Å². The molecule has 3 nitrogen and oxygen atoms in total. The van der Waals surface area contributed by atoms with E-state index in [1.807, 2.05) is 0 Å². The summed E-state index contributed by atoms with van der Waals surface area (Å²) in [4.78, 5) is 19.9. The lowest BCUT2D eigenvalue weighted by Gasteiger charge is -2.30. The zero-order valence-corrected chi connectivity index (χ0v) is 15.1. The van der Waals surface area contributed by atoms with E-state index in [1.54, 1.807) is 25.1 Å². The van der Waals surface area contributed by atoms with Crippen LogP contribution in [-0.4, -0.2) is 20.7 Å². The first-order valence-corrected chi connectivity index (χ1v) is 8.91. The fourth-order valence-electron chi connectivity index (χ4n) is 2.89. The van der Waals surface area contributed by atoms with Crippen molar-refractivity contribution >= 4 is 22.7 Å². The van der Waals surface area contributed by atoms with Gasteiger partial charge in [0, 0.05) is 24.4 Å². The minimum atomic E-state index is -3.41. The highest BCUT2D eigenvalue weighted by molar-refractivity contribution is 8.16. The van der Waals surface area contributed by atoms with Gasteiger partial charge in [-0.05, 0) is 36.6 Å². The van der Waals surface area contributed by atoms with Crippen LogP contribution in [0, 0.1) is 5.82 Å². The van der Waals surface area contributed by atoms with Crippen LogP contribution >= 0.6 is 11.8 Å². The smallest absolute Gasteiger partial charge is 0.271 e. The van der Waals surface area contributed by atoms with E-state index in [0.29, 0.717) is 10.6 Å². The van der Waals surface area contributed by atoms with E-state index in [-0.39, 0.29) is 23.7 Å². The number of alkyl halides is 2. The highest BCUT2D eigenvalue weighted by Gasteiger charge is 2.60. The molecule has 0 spiro atoms. The molecule has 26 heavy (non-hydrogen) atoms. The van der Waals surface area contributed by atoms with E-state index in [0.717, 1.165) is 11.8 Å². The third-order valence-electron chi connectivity index (χ3n) is 4.52. The monoisotopic (exact) mass is 378 g/mol. The van der Waals surface area contributed by atoms with Gasteiger partial charge in [0.1, 0.15) is 5.82 Å². The molecule has 2 atom stereocenters. The molecule has 0 fully saturated rings. The van der Waals surface area contributed by atoms with E-state index in [9.17, 15) is 18.0 Å². The fourth-order valence-corrected chi connectivity index (χ4v) is 4.20. The van der Waals surface area contributed by atoms with Gasteiger partial charge in [-0.3, -0.25) is 9.78 Å². The standard InChI is InChI=1S/C19H17F3N2OS/c1-12(14-5-3-4-6-15(14)20)11-16-24-17(25)18(2,26-16)19(21,22)13-7-9-23-10-8-13/h3-10,12H,11H2,1-2H3/t12-,18?/m1/s1. The van der Waals surface area contributed by atoms with Crippen LogP contribution < -0.4 is 0 Å². The number of thioether (sulfide) groups is 1. The molecule has 1 amide bonds. The number of carbonyl (C=O) groups excluding carboxylic acids is 1. The number of rotatable bonds is 5. The molecule has 1 unspecified atom stereocenters. The molecule has 0 bridgehead atoms. The average Bonchev–Trinajstić information content (AvgIpc) is 2.91. The fraction of sp³-hybridized carbons (Fsp3) is 0.316. The summed E-state index contributed by atoms with van der Waals surface area (Å²) < 4.78 is 41.9. The Bertz CT molecular complexity index is 857. The third-order valence-corrected chi connectivity index (χ3v) is 5.85. The summed E-state index contributed by atoms with van der Waals surface area (Å²) in [6.45, 7) is 2.98. The van der Waals surface area contributed by atoms with Crippen molar-refractivity contribution in [1.29, 1.82) is 0 Å². The topological polar surface area (TPSA) is 42.3 Å². The van der Waals surface area contributed by atoms with Crippen LogP contribution in [0.2, 0.25) is 0 Å². The molecule has 1 aliphatic heterocycles. The summed E-state index contributed by atoms with van der Waals surface area (Å²) in [5.74, 6) is -4.93. The minimum absolute atomic E-state index is 0.222. The van der Waals surface area contributed by atoms with Crippen LogP contribution in [-0.2, 0) is 10.7 Å². The van der Waals surface area contributed by atoms with Crippen molar-refractivity contribution in [2.75, 3.05) is 0 Å². The second-order valence-corrected chi connectivity index (χ2v) is 7.87. The van der Waals surface area contributed by atoms with Crippen molar-refractivity contribution in [3.05, 3.63) is 65.7 Å². The number of carbonyl (C=O) groups is 1. The molecule has 0 radical (unpaired) electrons. The molecule has 2 heterocycles. The molecule has 0 saturated heterocycles. The van der Waals surface area contributed by atoms with Crippen LogP contribution in [0.1, 0.15) is 37.3 Å². The first kappa shape index (κ1) is 18.6. The normalized spacial score (nSPS) is 21.6. The summed E-state index contributed by atoms with van der Waals surface area (Å²) in [6, 6.07) is 8.68. The summed E-state index contributed by atoms with van der Waals surface area (Å²) >= 11 is 0.759. The third kappa shape index (κ3) is 3.16. The maximum absolute atomic E-state index is 15.0. The summed E-state index contributed by atoms with van der Waals surface area (Å²) in [5.41, 5.74) is 0.187. The lowest BCUT2D eigenvalue weighted by atomic mass is 9.95. The van der Waals surface area contributed by atoms with Gasteiger partial charge in [-0.25, -0.2) is 9.38 Å². The summed E-state index contributed by atoms with van der Waals surface area (Å²) in [5, 5.41) is 0.294. The van der Waals surface area contributed by atoms with Gasteiger partial charge in [0.15, 0.2) is 4.75 Å². The Labute approximate surface area is 153 Å². The zero-order chi connectivity index (χ0) is 18.9. The number of halogens is 3. The second kappa shape index (κ2) is 6.87. The molecule has 7 heteroatoms. The van der Waals surface area contributed by atoms with E-state index < -0.39 is 16.6 Å². The van der Waals surface area contributed by atoms with Crippen LogP contribution in [0.5, 0.6) is 0 Å². The molecular formula is C19H17F3N2OS. The van der Waals surface area contributed by atoms with Gasteiger partial charge >= 0.3 is 0 Å². The Morgan fingerprint density at radius 2 is 1.85 bits per heavy atom. The van der Waals surface area contributed by atoms with Crippen LogP contribution in [0.4, 0.5) is 13.2 Å². The van der Waals surface area contributed by atoms with E-state index in [2.05, 4.69) is 9.98 Å².